The van der Waals surface area contributed by atoms with Crippen molar-refractivity contribution in [1.82, 2.24) is 0 Å². The standard InChI is InChI=1S/C25H32F2/c1-6-8-10-22(19(5)18(4)20-13-11-17(3)12-14-20)24-21(9-7-2)15-16-23(26)25(24)27/h11-16,18H,6-10H2,1-5H3/b22-19+. The molecule has 0 amide bonds. The Balaban J connectivity index is 2.61. The van der Waals surface area contributed by atoms with E-state index in [2.05, 4.69) is 58.9 Å². The quantitative estimate of drug-likeness (QED) is 0.441. The Kier molecular flexibility index (Phi) is 7.77. The van der Waals surface area contributed by atoms with Crippen LogP contribution in [0.15, 0.2) is 42.0 Å². The molecule has 0 spiro atoms. The van der Waals surface area contributed by atoms with Gasteiger partial charge < -0.3 is 0 Å². The molecular weight excluding hydrogens is 338 g/mol. The predicted molar refractivity (Wildman–Crippen MR) is 112 cm³/mol. The Morgan fingerprint density at radius 2 is 1.63 bits per heavy atom. The second kappa shape index (κ2) is 9.82. The lowest BCUT2D eigenvalue weighted by atomic mass is 9.83. The van der Waals surface area contributed by atoms with E-state index in [1.807, 2.05) is 0 Å². The number of hydrogen-bond acceptors (Lipinski definition) is 0. The molecule has 2 heteroatoms. The summed E-state index contributed by atoms with van der Waals surface area (Å²) in [6, 6.07) is 11.5. The summed E-state index contributed by atoms with van der Waals surface area (Å²) in [6.07, 6.45) is 4.43. The molecule has 2 aromatic carbocycles. The van der Waals surface area contributed by atoms with Crippen LogP contribution in [0.4, 0.5) is 8.78 Å². The maximum absolute atomic E-state index is 14.9. The molecule has 0 fully saturated rings. The fourth-order valence-corrected chi connectivity index (χ4v) is 3.63. The average Bonchev–Trinajstić information content (AvgIpc) is 2.66. The molecule has 0 nitrogen and oxygen atoms in total. The molecule has 27 heavy (non-hydrogen) atoms. The number of benzene rings is 2. The molecule has 0 saturated heterocycles. The van der Waals surface area contributed by atoms with Crippen LogP contribution in [0, 0.1) is 18.6 Å². The third-order valence-electron chi connectivity index (χ3n) is 5.49. The molecule has 1 atom stereocenters. The van der Waals surface area contributed by atoms with Crippen molar-refractivity contribution < 1.29 is 8.78 Å². The number of allylic oxidation sites excluding steroid dienone is 2. The van der Waals surface area contributed by atoms with E-state index in [1.165, 1.54) is 17.2 Å². The average molecular weight is 371 g/mol. The van der Waals surface area contributed by atoms with E-state index in [9.17, 15) is 8.78 Å². The molecule has 0 aliphatic heterocycles. The Labute approximate surface area is 163 Å². The van der Waals surface area contributed by atoms with Crippen LogP contribution in [0.3, 0.4) is 0 Å². The Hall–Kier alpha value is -1.96. The third-order valence-corrected chi connectivity index (χ3v) is 5.49. The molecular formula is C25H32F2. The van der Waals surface area contributed by atoms with Crippen LogP contribution in [0.25, 0.3) is 5.57 Å². The van der Waals surface area contributed by atoms with Gasteiger partial charge in [-0.25, -0.2) is 8.78 Å². The SMILES string of the molecule is CCCC/C(=C(/C)C(C)c1ccc(C)cc1)c1c(CCC)ccc(F)c1F. The molecule has 146 valence electrons. The molecule has 0 aliphatic carbocycles. The van der Waals surface area contributed by atoms with E-state index in [-0.39, 0.29) is 5.92 Å². The zero-order valence-corrected chi connectivity index (χ0v) is 17.3. The highest BCUT2D eigenvalue weighted by Gasteiger charge is 2.21. The molecule has 2 aromatic rings. The second-order valence-electron chi connectivity index (χ2n) is 7.54. The van der Waals surface area contributed by atoms with Crippen LogP contribution >= 0.6 is 0 Å². The summed E-state index contributed by atoms with van der Waals surface area (Å²) in [5.41, 5.74) is 5.96. The smallest absolute Gasteiger partial charge is 0.166 e. The normalized spacial score (nSPS) is 13.4. The molecule has 1 unspecified atom stereocenters. The second-order valence-corrected chi connectivity index (χ2v) is 7.54. The van der Waals surface area contributed by atoms with Crippen molar-refractivity contribution in [3.05, 3.63) is 75.9 Å². The lowest BCUT2D eigenvalue weighted by Gasteiger charge is -2.22. The zero-order chi connectivity index (χ0) is 20.0. The molecule has 0 aromatic heterocycles. The number of unbranched alkanes of at least 4 members (excludes halogenated alkanes) is 1. The van der Waals surface area contributed by atoms with E-state index >= 15 is 0 Å². The van der Waals surface area contributed by atoms with Crippen molar-refractivity contribution >= 4 is 5.57 Å². The maximum atomic E-state index is 14.9. The van der Waals surface area contributed by atoms with Crippen LogP contribution in [0.2, 0.25) is 0 Å². The van der Waals surface area contributed by atoms with Crippen molar-refractivity contribution in [3.8, 4) is 0 Å². The number of halogens is 2. The highest BCUT2D eigenvalue weighted by atomic mass is 19.2. The van der Waals surface area contributed by atoms with Gasteiger partial charge in [-0.15, -0.1) is 0 Å². The lowest BCUT2D eigenvalue weighted by Crippen LogP contribution is -2.06. The van der Waals surface area contributed by atoms with Crippen molar-refractivity contribution in [2.75, 3.05) is 0 Å². The predicted octanol–water partition coefficient (Wildman–Crippen LogP) is 7.99. The first-order chi connectivity index (χ1) is 12.9. The van der Waals surface area contributed by atoms with Gasteiger partial charge in [0.05, 0.1) is 0 Å². The van der Waals surface area contributed by atoms with Crippen LogP contribution in [-0.4, -0.2) is 0 Å². The summed E-state index contributed by atoms with van der Waals surface area (Å²) in [7, 11) is 0. The maximum Gasteiger partial charge on any atom is 0.166 e. The molecule has 0 radical (unpaired) electrons. The van der Waals surface area contributed by atoms with Crippen molar-refractivity contribution in [1.29, 1.82) is 0 Å². The summed E-state index contributed by atoms with van der Waals surface area (Å²) in [6.45, 7) is 10.5. The summed E-state index contributed by atoms with van der Waals surface area (Å²) in [5, 5.41) is 0. The van der Waals surface area contributed by atoms with E-state index in [0.717, 1.165) is 48.8 Å². The number of aryl methyl sites for hydroxylation is 2. The first kappa shape index (κ1) is 21.3. The van der Waals surface area contributed by atoms with Gasteiger partial charge in [-0.2, -0.15) is 0 Å². The summed E-state index contributed by atoms with van der Waals surface area (Å²) >= 11 is 0. The minimum Gasteiger partial charge on any atom is -0.204 e. The van der Waals surface area contributed by atoms with Crippen LogP contribution < -0.4 is 0 Å². The Bertz CT molecular complexity index is 785. The first-order valence-corrected chi connectivity index (χ1v) is 10.1. The Morgan fingerprint density at radius 1 is 0.963 bits per heavy atom. The minimum atomic E-state index is -0.755. The van der Waals surface area contributed by atoms with Gasteiger partial charge in [0.2, 0.25) is 0 Å². The molecule has 2 rings (SSSR count). The van der Waals surface area contributed by atoms with Gasteiger partial charge in [-0.05, 0) is 55.9 Å². The largest absolute Gasteiger partial charge is 0.204 e. The van der Waals surface area contributed by atoms with E-state index in [1.54, 1.807) is 6.07 Å². The van der Waals surface area contributed by atoms with E-state index in [4.69, 9.17) is 0 Å². The molecule has 0 N–H and O–H groups in total. The minimum absolute atomic E-state index is 0.162. The van der Waals surface area contributed by atoms with Gasteiger partial charge in [-0.3, -0.25) is 0 Å². The van der Waals surface area contributed by atoms with E-state index < -0.39 is 11.6 Å². The van der Waals surface area contributed by atoms with Gasteiger partial charge in [0.15, 0.2) is 11.6 Å². The topological polar surface area (TPSA) is 0 Å². The molecule has 0 aliphatic rings. The van der Waals surface area contributed by atoms with Gasteiger partial charge >= 0.3 is 0 Å². The van der Waals surface area contributed by atoms with Gasteiger partial charge in [0, 0.05) is 11.5 Å². The summed E-state index contributed by atoms with van der Waals surface area (Å²) in [4.78, 5) is 0. The van der Waals surface area contributed by atoms with Gasteiger partial charge in [0.25, 0.3) is 0 Å². The summed E-state index contributed by atoms with van der Waals surface area (Å²) in [5.74, 6) is -1.29. The lowest BCUT2D eigenvalue weighted by molar-refractivity contribution is 0.503. The fraction of sp³-hybridized carbons (Fsp3) is 0.440. The van der Waals surface area contributed by atoms with Gasteiger partial charge in [0.1, 0.15) is 0 Å². The number of rotatable bonds is 8. The monoisotopic (exact) mass is 370 g/mol. The van der Waals surface area contributed by atoms with E-state index in [0.29, 0.717) is 5.56 Å². The molecule has 0 bridgehead atoms. The number of hydrogen-bond donors (Lipinski definition) is 0. The highest BCUT2D eigenvalue weighted by molar-refractivity contribution is 5.72. The van der Waals surface area contributed by atoms with Crippen molar-refractivity contribution in [2.45, 2.75) is 72.6 Å². The van der Waals surface area contributed by atoms with Crippen LogP contribution in [-0.2, 0) is 6.42 Å². The fourth-order valence-electron chi connectivity index (χ4n) is 3.63. The van der Waals surface area contributed by atoms with Crippen molar-refractivity contribution in [2.24, 2.45) is 0 Å². The first-order valence-electron chi connectivity index (χ1n) is 10.1. The highest BCUT2D eigenvalue weighted by Crippen LogP contribution is 2.37. The van der Waals surface area contributed by atoms with Gasteiger partial charge in [-0.1, -0.05) is 75.1 Å². The molecule has 0 heterocycles. The zero-order valence-electron chi connectivity index (χ0n) is 17.3. The van der Waals surface area contributed by atoms with Crippen LogP contribution in [0.1, 0.15) is 81.5 Å². The molecule has 0 saturated carbocycles. The van der Waals surface area contributed by atoms with Crippen molar-refractivity contribution in [3.63, 3.8) is 0 Å². The Morgan fingerprint density at radius 3 is 2.22 bits per heavy atom. The third kappa shape index (κ3) is 5.06. The van der Waals surface area contributed by atoms with Crippen LogP contribution in [0.5, 0.6) is 0 Å². The summed E-state index contributed by atoms with van der Waals surface area (Å²) < 4.78 is 29.0.